The van der Waals surface area contributed by atoms with E-state index < -0.39 is 24.5 Å². The standard InChI is InChI=1S/C23H22O5/c1-16(18-8-9-20-13-21(26-2)11-10-19(20)12-18)23(25)28-15-22(24)27-14-17-6-4-3-5-7-17/h3-13,16H,14-15H2,1-2H3. The zero-order valence-corrected chi connectivity index (χ0v) is 15.9. The number of carbonyl (C=O) groups is 2. The lowest BCUT2D eigenvalue weighted by molar-refractivity contribution is -0.160. The lowest BCUT2D eigenvalue weighted by atomic mass is 9.98. The van der Waals surface area contributed by atoms with Crippen molar-refractivity contribution in [3.8, 4) is 5.75 Å². The summed E-state index contributed by atoms with van der Waals surface area (Å²) in [6.07, 6.45) is 0. The van der Waals surface area contributed by atoms with Crippen molar-refractivity contribution in [2.75, 3.05) is 13.7 Å². The van der Waals surface area contributed by atoms with Crippen molar-refractivity contribution in [2.24, 2.45) is 0 Å². The van der Waals surface area contributed by atoms with Gasteiger partial charge in [-0.1, -0.05) is 54.6 Å². The number of rotatable bonds is 7. The number of ether oxygens (including phenoxy) is 3. The largest absolute Gasteiger partial charge is 0.497 e. The second kappa shape index (κ2) is 9.04. The fourth-order valence-electron chi connectivity index (χ4n) is 2.81. The minimum Gasteiger partial charge on any atom is -0.497 e. The van der Waals surface area contributed by atoms with E-state index in [4.69, 9.17) is 14.2 Å². The Balaban J connectivity index is 1.55. The van der Waals surface area contributed by atoms with Crippen LogP contribution in [0.4, 0.5) is 0 Å². The van der Waals surface area contributed by atoms with Crippen molar-refractivity contribution in [1.29, 1.82) is 0 Å². The second-order valence-electron chi connectivity index (χ2n) is 6.45. The molecule has 0 amide bonds. The molecule has 3 aromatic rings. The lowest BCUT2D eigenvalue weighted by Gasteiger charge is -2.13. The Morgan fingerprint density at radius 2 is 1.61 bits per heavy atom. The molecule has 3 aromatic carbocycles. The molecule has 0 heterocycles. The van der Waals surface area contributed by atoms with Crippen molar-refractivity contribution in [3.63, 3.8) is 0 Å². The smallest absolute Gasteiger partial charge is 0.344 e. The Morgan fingerprint density at radius 1 is 0.893 bits per heavy atom. The van der Waals surface area contributed by atoms with Crippen LogP contribution in [0, 0.1) is 0 Å². The van der Waals surface area contributed by atoms with Gasteiger partial charge in [-0.25, -0.2) is 4.79 Å². The minimum absolute atomic E-state index is 0.154. The molecule has 0 N–H and O–H groups in total. The highest BCUT2D eigenvalue weighted by atomic mass is 16.6. The summed E-state index contributed by atoms with van der Waals surface area (Å²) in [5.74, 6) is -0.755. The van der Waals surface area contributed by atoms with Gasteiger partial charge in [-0.3, -0.25) is 4.79 Å². The zero-order chi connectivity index (χ0) is 19.9. The van der Waals surface area contributed by atoms with Crippen LogP contribution >= 0.6 is 0 Å². The molecule has 0 radical (unpaired) electrons. The molecule has 0 aromatic heterocycles. The Kier molecular flexibility index (Phi) is 6.27. The van der Waals surface area contributed by atoms with Crippen LogP contribution in [0.2, 0.25) is 0 Å². The Morgan fingerprint density at radius 3 is 2.36 bits per heavy atom. The van der Waals surface area contributed by atoms with E-state index in [2.05, 4.69) is 0 Å². The zero-order valence-electron chi connectivity index (χ0n) is 15.9. The van der Waals surface area contributed by atoms with Gasteiger partial charge in [0, 0.05) is 0 Å². The summed E-state index contributed by atoms with van der Waals surface area (Å²) in [6, 6.07) is 20.8. The predicted molar refractivity (Wildman–Crippen MR) is 106 cm³/mol. The SMILES string of the molecule is COc1ccc2cc(C(C)C(=O)OCC(=O)OCc3ccccc3)ccc2c1. The molecule has 144 valence electrons. The normalized spacial score (nSPS) is 11.6. The third-order valence-corrected chi connectivity index (χ3v) is 4.50. The average molecular weight is 378 g/mol. The van der Waals surface area contributed by atoms with Crippen molar-refractivity contribution in [3.05, 3.63) is 77.9 Å². The highest BCUT2D eigenvalue weighted by molar-refractivity contribution is 5.87. The van der Waals surface area contributed by atoms with Gasteiger partial charge in [-0.2, -0.15) is 0 Å². The molecule has 0 bridgehead atoms. The molecule has 0 aliphatic rings. The molecule has 1 unspecified atom stereocenters. The minimum atomic E-state index is -0.574. The molecule has 0 saturated carbocycles. The molecule has 0 aliphatic carbocycles. The molecule has 0 aliphatic heterocycles. The molecule has 28 heavy (non-hydrogen) atoms. The maximum atomic E-state index is 12.3. The topological polar surface area (TPSA) is 61.8 Å². The summed E-state index contributed by atoms with van der Waals surface area (Å²) in [5.41, 5.74) is 1.70. The van der Waals surface area contributed by atoms with E-state index in [1.54, 1.807) is 14.0 Å². The lowest BCUT2D eigenvalue weighted by Crippen LogP contribution is -2.20. The van der Waals surface area contributed by atoms with Crippen LogP contribution in [0.1, 0.15) is 24.0 Å². The van der Waals surface area contributed by atoms with Crippen LogP contribution in [0.3, 0.4) is 0 Å². The van der Waals surface area contributed by atoms with Crippen LogP contribution in [-0.4, -0.2) is 25.7 Å². The summed E-state index contributed by atoms with van der Waals surface area (Å²) < 4.78 is 15.5. The molecule has 5 nitrogen and oxygen atoms in total. The number of hydrogen-bond acceptors (Lipinski definition) is 5. The van der Waals surface area contributed by atoms with Crippen molar-refractivity contribution < 1.29 is 23.8 Å². The van der Waals surface area contributed by atoms with Crippen molar-refractivity contribution in [1.82, 2.24) is 0 Å². The first-order valence-corrected chi connectivity index (χ1v) is 9.00. The first kappa shape index (κ1) is 19.4. The predicted octanol–water partition coefficient (Wildman–Crippen LogP) is 4.24. The van der Waals surface area contributed by atoms with Gasteiger partial charge in [0.05, 0.1) is 13.0 Å². The Hall–Kier alpha value is -3.34. The molecule has 5 heteroatoms. The Labute approximate surface area is 163 Å². The summed E-state index contributed by atoms with van der Waals surface area (Å²) in [4.78, 5) is 24.1. The van der Waals surface area contributed by atoms with E-state index in [1.807, 2.05) is 66.7 Å². The fourth-order valence-corrected chi connectivity index (χ4v) is 2.81. The van der Waals surface area contributed by atoms with E-state index in [9.17, 15) is 9.59 Å². The average Bonchev–Trinajstić information content (AvgIpc) is 2.75. The highest BCUT2D eigenvalue weighted by Gasteiger charge is 2.19. The number of carbonyl (C=O) groups excluding carboxylic acids is 2. The maximum absolute atomic E-state index is 12.3. The van der Waals surface area contributed by atoms with Crippen molar-refractivity contribution >= 4 is 22.7 Å². The van der Waals surface area contributed by atoms with Gasteiger partial charge in [0.25, 0.3) is 0 Å². The molecular formula is C23H22O5. The molecule has 3 rings (SSSR count). The van der Waals surface area contributed by atoms with E-state index in [1.165, 1.54) is 0 Å². The number of methoxy groups -OCH3 is 1. The summed E-state index contributed by atoms with van der Waals surface area (Å²) in [7, 11) is 1.62. The quantitative estimate of drug-likeness (QED) is 0.576. The molecule has 1 atom stereocenters. The summed E-state index contributed by atoms with van der Waals surface area (Å²) >= 11 is 0. The van der Waals surface area contributed by atoms with Crippen LogP contribution in [0.25, 0.3) is 10.8 Å². The summed E-state index contributed by atoms with van der Waals surface area (Å²) in [6.45, 7) is 1.50. The second-order valence-corrected chi connectivity index (χ2v) is 6.45. The first-order chi connectivity index (χ1) is 13.6. The van der Waals surface area contributed by atoms with Crippen LogP contribution in [0.15, 0.2) is 66.7 Å². The van der Waals surface area contributed by atoms with Gasteiger partial charge in [0.15, 0.2) is 6.61 Å². The van der Waals surface area contributed by atoms with Crippen LogP contribution in [0.5, 0.6) is 5.75 Å². The monoisotopic (exact) mass is 378 g/mol. The van der Waals surface area contributed by atoms with E-state index in [0.29, 0.717) is 0 Å². The van der Waals surface area contributed by atoms with Gasteiger partial charge in [-0.15, -0.1) is 0 Å². The van der Waals surface area contributed by atoms with Crippen LogP contribution in [-0.2, 0) is 25.7 Å². The maximum Gasteiger partial charge on any atom is 0.344 e. The molecule has 0 fully saturated rings. The highest BCUT2D eigenvalue weighted by Crippen LogP contribution is 2.25. The van der Waals surface area contributed by atoms with Crippen molar-refractivity contribution in [2.45, 2.75) is 19.4 Å². The fraction of sp³-hybridized carbons (Fsp3) is 0.217. The van der Waals surface area contributed by atoms with Gasteiger partial charge in [-0.05, 0) is 41.0 Å². The molecule has 0 spiro atoms. The van der Waals surface area contributed by atoms with E-state index in [-0.39, 0.29) is 6.61 Å². The van der Waals surface area contributed by atoms with Gasteiger partial charge in [0.2, 0.25) is 0 Å². The first-order valence-electron chi connectivity index (χ1n) is 9.00. The number of esters is 2. The third kappa shape index (κ3) is 4.88. The van der Waals surface area contributed by atoms with Gasteiger partial charge < -0.3 is 14.2 Å². The van der Waals surface area contributed by atoms with Gasteiger partial charge >= 0.3 is 11.9 Å². The van der Waals surface area contributed by atoms with Gasteiger partial charge in [0.1, 0.15) is 12.4 Å². The third-order valence-electron chi connectivity index (χ3n) is 4.50. The van der Waals surface area contributed by atoms with E-state index >= 15 is 0 Å². The Bertz CT molecular complexity index is 965. The summed E-state index contributed by atoms with van der Waals surface area (Å²) in [5, 5.41) is 2.02. The van der Waals surface area contributed by atoms with E-state index in [0.717, 1.165) is 27.6 Å². The number of fused-ring (bicyclic) bond motifs is 1. The molecular weight excluding hydrogens is 356 g/mol. The number of benzene rings is 3. The van der Waals surface area contributed by atoms with Crippen LogP contribution < -0.4 is 4.74 Å². The molecule has 0 saturated heterocycles. The number of hydrogen-bond donors (Lipinski definition) is 0.